The SMILES string of the molecule is COc1ccc(NC(=O)C(C)N2C(=O)c3c(Br)c(Br)c(Br)c(Br)c3C2=O)cc1. The van der Waals surface area contributed by atoms with Crippen LogP contribution in [0.3, 0.4) is 0 Å². The first-order chi connectivity index (χ1) is 13.2. The Bertz CT molecular complexity index is 961. The van der Waals surface area contributed by atoms with Gasteiger partial charge in [0.15, 0.2) is 0 Å². The van der Waals surface area contributed by atoms with E-state index in [4.69, 9.17) is 4.74 Å². The van der Waals surface area contributed by atoms with Crippen molar-refractivity contribution in [3.8, 4) is 5.75 Å². The van der Waals surface area contributed by atoms with E-state index >= 15 is 0 Å². The van der Waals surface area contributed by atoms with Gasteiger partial charge in [0.05, 0.1) is 18.2 Å². The molecule has 0 aliphatic carbocycles. The molecule has 0 saturated carbocycles. The molecule has 1 unspecified atom stereocenters. The van der Waals surface area contributed by atoms with E-state index in [0.29, 0.717) is 29.3 Å². The molecule has 0 spiro atoms. The van der Waals surface area contributed by atoms with Crippen molar-refractivity contribution in [1.29, 1.82) is 0 Å². The number of benzene rings is 2. The summed E-state index contributed by atoms with van der Waals surface area (Å²) >= 11 is 13.5. The van der Waals surface area contributed by atoms with E-state index in [2.05, 4.69) is 69.0 Å². The number of fused-ring (bicyclic) bond motifs is 1. The molecule has 0 fully saturated rings. The number of imide groups is 1. The van der Waals surface area contributed by atoms with Crippen LogP contribution in [0.2, 0.25) is 0 Å². The molecule has 0 aromatic heterocycles. The summed E-state index contributed by atoms with van der Waals surface area (Å²) in [7, 11) is 1.55. The normalized spacial score (nSPS) is 14.1. The number of methoxy groups -OCH3 is 1. The lowest BCUT2D eigenvalue weighted by Crippen LogP contribution is -2.45. The second-order valence-electron chi connectivity index (χ2n) is 5.88. The number of nitrogens with zero attached hydrogens (tertiary/aromatic N) is 1. The number of hydrogen-bond donors (Lipinski definition) is 1. The number of carbonyl (C=O) groups excluding carboxylic acids is 3. The molecular weight excluding hydrogens is 628 g/mol. The van der Waals surface area contributed by atoms with Crippen molar-refractivity contribution in [3.05, 3.63) is 53.3 Å². The van der Waals surface area contributed by atoms with Crippen LogP contribution in [0.15, 0.2) is 42.2 Å². The van der Waals surface area contributed by atoms with Gasteiger partial charge >= 0.3 is 0 Å². The number of carbonyl (C=O) groups is 3. The van der Waals surface area contributed by atoms with Crippen LogP contribution < -0.4 is 10.1 Å². The summed E-state index contributed by atoms with van der Waals surface area (Å²) in [5.41, 5.74) is 0.939. The zero-order valence-electron chi connectivity index (χ0n) is 14.5. The van der Waals surface area contributed by atoms with E-state index in [1.54, 1.807) is 31.4 Å². The number of ether oxygens (including phenoxy) is 1. The van der Waals surface area contributed by atoms with Crippen LogP contribution in [0.4, 0.5) is 5.69 Å². The highest BCUT2D eigenvalue weighted by atomic mass is 79.9. The number of halogens is 4. The number of rotatable bonds is 4. The van der Waals surface area contributed by atoms with Gasteiger partial charge in [-0.2, -0.15) is 0 Å². The summed E-state index contributed by atoms with van der Waals surface area (Å²) in [6, 6.07) is 5.74. The second kappa shape index (κ2) is 8.25. The molecule has 1 atom stereocenters. The molecule has 10 heteroatoms. The minimum atomic E-state index is -1.01. The maximum absolute atomic E-state index is 12.9. The predicted octanol–water partition coefficient (Wildman–Crippen LogP) is 5.37. The third-order valence-electron chi connectivity index (χ3n) is 4.26. The number of amides is 3. The van der Waals surface area contributed by atoms with Gasteiger partial charge in [0.25, 0.3) is 11.8 Å². The highest BCUT2D eigenvalue weighted by Gasteiger charge is 2.44. The average molecular weight is 640 g/mol. The Morgan fingerprint density at radius 3 is 1.82 bits per heavy atom. The van der Waals surface area contributed by atoms with Crippen LogP contribution in [0, 0.1) is 0 Å². The number of nitrogens with one attached hydrogen (secondary N) is 1. The highest BCUT2D eigenvalue weighted by Crippen LogP contribution is 2.45. The van der Waals surface area contributed by atoms with Gasteiger partial charge in [-0.15, -0.1) is 0 Å². The Morgan fingerprint density at radius 2 is 1.39 bits per heavy atom. The molecule has 1 N–H and O–H groups in total. The smallest absolute Gasteiger partial charge is 0.263 e. The van der Waals surface area contributed by atoms with Crippen molar-refractivity contribution in [3.63, 3.8) is 0 Å². The molecule has 1 heterocycles. The van der Waals surface area contributed by atoms with Gasteiger partial charge in [-0.1, -0.05) is 0 Å². The molecule has 2 aromatic rings. The quantitative estimate of drug-likeness (QED) is 0.278. The summed E-state index contributed by atoms with van der Waals surface area (Å²) in [5.74, 6) is -0.918. The lowest BCUT2D eigenvalue weighted by atomic mass is 10.1. The highest BCUT2D eigenvalue weighted by molar-refractivity contribution is 9.15. The van der Waals surface area contributed by atoms with Crippen LogP contribution in [-0.2, 0) is 4.79 Å². The molecule has 3 rings (SSSR count). The average Bonchev–Trinajstić information content (AvgIpc) is 2.95. The molecule has 0 radical (unpaired) electrons. The van der Waals surface area contributed by atoms with Crippen LogP contribution in [0.5, 0.6) is 5.75 Å². The number of hydrogen-bond acceptors (Lipinski definition) is 4. The lowest BCUT2D eigenvalue weighted by Gasteiger charge is -2.21. The molecule has 28 heavy (non-hydrogen) atoms. The van der Waals surface area contributed by atoms with Gasteiger partial charge in [0.1, 0.15) is 11.8 Å². The maximum Gasteiger partial charge on any atom is 0.263 e. The predicted molar refractivity (Wildman–Crippen MR) is 119 cm³/mol. The van der Waals surface area contributed by atoms with Crippen molar-refractivity contribution >= 4 is 87.1 Å². The van der Waals surface area contributed by atoms with E-state index in [0.717, 1.165) is 4.90 Å². The van der Waals surface area contributed by atoms with E-state index in [1.807, 2.05) is 0 Å². The Morgan fingerprint density at radius 1 is 0.929 bits per heavy atom. The Kier molecular flexibility index (Phi) is 6.33. The van der Waals surface area contributed by atoms with Gasteiger partial charge in [-0.25, -0.2) is 0 Å². The summed E-state index contributed by atoms with van der Waals surface area (Å²) in [6.45, 7) is 1.51. The first-order valence-electron chi connectivity index (χ1n) is 7.87. The minimum Gasteiger partial charge on any atom is -0.497 e. The maximum atomic E-state index is 12.9. The van der Waals surface area contributed by atoms with Crippen molar-refractivity contribution in [1.82, 2.24) is 4.90 Å². The molecular formula is C18H12Br4N2O4. The third kappa shape index (κ3) is 3.55. The monoisotopic (exact) mass is 636 g/mol. The fourth-order valence-electron chi connectivity index (χ4n) is 2.76. The molecule has 1 aliphatic heterocycles. The Labute approximate surface area is 194 Å². The van der Waals surface area contributed by atoms with E-state index in [9.17, 15) is 14.4 Å². The summed E-state index contributed by atoms with van der Waals surface area (Å²) in [6.07, 6.45) is 0. The van der Waals surface area contributed by atoms with Crippen LogP contribution in [-0.4, -0.2) is 35.8 Å². The number of anilines is 1. The van der Waals surface area contributed by atoms with Gasteiger partial charge in [-0.3, -0.25) is 19.3 Å². The summed E-state index contributed by atoms with van der Waals surface area (Å²) in [5, 5.41) is 2.71. The van der Waals surface area contributed by atoms with Gasteiger partial charge in [-0.05, 0) is 94.9 Å². The van der Waals surface area contributed by atoms with E-state index in [1.165, 1.54) is 6.92 Å². The van der Waals surface area contributed by atoms with Gasteiger partial charge < -0.3 is 10.1 Å². The fourth-order valence-corrected chi connectivity index (χ4v) is 5.21. The van der Waals surface area contributed by atoms with E-state index < -0.39 is 23.8 Å². The fraction of sp³-hybridized carbons (Fsp3) is 0.167. The molecule has 0 bridgehead atoms. The topological polar surface area (TPSA) is 75.7 Å². The zero-order chi connectivity index (χ0) is 20.7. The van der Waals surface area contributed by atoms with Gasteiger partial charge in [0, 0.05) is 23.6 Å². The molecule has 3 amide bonds. The summed E-state index contributed by atoms with van der Waals surface area (Å²) < 4.78 is 7.16. The Balaban J connectivity index is 1.90. The summed E-state index contributed by atoms with van der Waals surface area (Å²) in [4.78, 5) is 39.5. The third-order valence-corrected chi connectivity index (χ3v) is 9.02. The van der Waals surface area contributed by atoms with Crippen molar-refractivity contribution in [2.75, 3.05) is 12.4 Å². The van der Waals surface area contributed by atoms with E-state index in [-0.39, 0.29) is 11.1 Å². The molecule has 0 saturated heterocycles. The second-order valence-corrected chi connectivity index (χ2v) is 9.05. The zero-order valence-corrected chi connectivity index (χ0v) is 20.8. The molecule has 146 valence electrons. The standard InChI is InChI=1S/C18H12Br4N2O4/c1-7(16(25)23-8-3-5-9(28-2)6-4-8)24-17(26)10-11(18(24)27)13(20)15(22)14(21)12(10)19/h3-7H,1-2H3,(H,23,25). The molecule has 1 aliphatic rings. The van der Waals surface area contributed by atoms with Crippen molar-refractivity contribution in [2.24, 2.45) is 0 Å². The first-order valence-corrected chi connectivity index (χ1v) is 11.0. The molecule has 2 aromatic carbocycles. The Hall–Kier alpha value is -1.23. The van der Waals surface area contributed by atoms with Gasteiger partial charge in [0.2, 0.25) is 5.91 Å². The molecule has 6 nitrogen and oxygen atoms in total. The van der Waals surface area contributed by atoms with Crippen LogP contribution in [0.25, 0.3) is 0 Å². The minimum absolute atomic E-state index is 0.205. The van der Waals surface area contributed by atoms with Crippen LogP contribution in [0.1, 0.15) is 27.6 Å². The van der Waals surface area contributed by atoms with Crippen LogP contribution >= 0.6 is 63.7 Å². The van der Waals surface area contributed by atoms with Crippen molar-refractivity contribution in [2.45, 2.75) is 13.0 Å². The lowest BCUT2D eigenvalue weighted by molar-refractivity contribution is -0.119. The van der Waals surface area contributed by atoms with Crippen molar-refractivity contribution < 1.29 is 19.1 Å². The first kappa shape index (κ1) is 21.5. The largest absolute Gasteiger partial charge is 0.497 e.